The molecule has 3 N–H and O–H groups in total. The summed E-state index contributed by atoms with van der Waals surface area (Å²) < 4.78 is 5.74. The maximum Gasteiger partial charge on any atom is 0.255 e. The third kappa shape index (κ3) is 4.31. The van der Waals surface area contributed by atoms with E-state index in [-0.39, 0.29) is 24.1 Å². The Morgan fingerprint density at radius 1 is 1.09 bits per heavy atom. The molecule has 0 radical (unpaired) electrons. The number of nitrogens with zero attached hydrogens (tertiary/aromatic N) is 1. The molecule has 0 bridgehead atoms. The molecule has 2 fully saturated rings. The fraction of sp³-hybridized carbons (Fsp3) is 0.333. The van der Waals surface area contributed by atoms with Crippen LogP contribution in [0.4, 0.5) is 5.69 Å². The fourth-order valence-corrected chi connectivity index (χ4v) is 4.22. The molecular formula is C24H24N4O5. The number of benzene rings is 2. The van der Waals surface area contributed by atoms with Crippen LogP contribution in [0.15, 0.2) is 42.5 Å². The van der Waals surface area contributed by atoms with Gasteiger partial charge in [0, 0.05) is 48.8 Å². The van der Waals surface area contributed by atoms with Gasteiger partial charge in [-0.15, -0.1) is 0 Å². The second kappa shape index (κ2) is 8.67. The van der Waals surface area contributed by atoms with E-state index in [1.165, 1.54) is 4.90 Å². The number of hydrogen-bond donors (Lipinski definition) is 3. The van der Waals surface area contributed by atoms with Crippen molar-refractivity contribution in [3.8, 4) is 5.75 Å². The number of imide groups is 1. The number of fused-ring (bicyclic) bond motifs is 1. The molecular weight excluding hydrogens is 424 g/mol. The van der Waals surface area contributed by atoms with Crippen molar-refractivity contribution >= 4 is 29.3 Å². The quantitative estimate of drug-likeness (QED) is 0.574. The largest absolute Gasteiger partial charge is 0.493 e. The van der Waals surface area contributed by atoms with Crippen LogP contribution in [0, 0.1) is 5.92 Å². The maximum absolute atomic E-state index is 12.9. The molecule has 33 heavy (non-hydrogen) atoms. The molecule has 2 aromatic carbocycles. The van der Waals surface area contributed by atoms with Gasteiger partial charge in [-0.2, -0.15) is 0 Å². The SMILES string of the molecule is O=C1CCC(N2Cc3ccc(NC(=O)c4ccc(OCC5CNC5)cc4)cc3C2=O)C(=O)N1. The predicted octanol–water partition coefficient (Wildman–Crippen LogP) is 1.30. The number of hydrogen-bond acceptors (Lipinski definition) is 6. The van der Waals surface area contributed by atoms with E-state index in [1.54, 1.807) is 42.5 Å². The summed E-state index contributed by atoms with van der Waals surface area (Å²) in [6.45, 7) is 2.88. The molecule has 3 aliphatic heterocycles. The summed E-state index contributed by atoms with van der Waals surface area (Å²) in [5.74, 6) is -0.0918. The van der Waals surface area contributed by atoms with E-state index in [4.69, 9.17) is 4.74 Å². The van der Waals surface area contributed by atoms with Crippen LogP contribution >= 0.6 is 0 Å². The number of piperidine rings is 1. The van der Waals surface area contributed by atoms with Crippen molar-refractivity contribution in [2.24, 2.45) is 5.92 Å². The summed E-state index contributed by atoms with van der Waals surface area (Å²) in [5, 5.41) is 8.31. The number of carbonyl (C=O) groups is 4. The topological polar surface area (TPSA) is 117 Å². The molecule has 9 heteroatoms. The van der Waals surface area contributed by atoms with Crippen molar-refractivity contribution in [1.29, 1.82) is 0 Å². The second-order valence-electron chi connectivity index (χ2n) is 8.59. The van der Waals surface area contributed by atoms with Gasteiger partial charge in [0.1, 0.15) is 11.8 Å². The minimum atomic E-state index is -0.665. The second-order valence-corrected chi connectivity index (χ2v) is 8.59. The lowest BCUT2D eigenvalue weighted by Gasteiger charge is -2.29. The summed E-state index contributed by atoms with van der Waals surface area (Å²) in [4.78, 5) is 50.7. The van der Waals surface area contributed by atoms with Crippen LogP contribution < -0.4 is 20.7 Å². The van der Waals surface area contributed by atoms with Crippen molar-refractivity contribution in [3.05, 3.63) is 59.2 Å². The molecule has 1 atom stereocenters. The van der Waals surface area contributed by atoms with E-state index in [0.29, 0.717) is 42.3 Å². The van der Waals surface area contributed by atoms with Gasteiger partial charge >= 0.3 is 0 Å². The van der Waals surface area contributed by atoms with E-state index >= 15 is 0 Å². The van der Waals surface area contributed by atoms with Gasteiger partial charge in [-0.25, -0.2) is 0 Å². The first-order valence-corrected chi connectivity index (χ1v) is 11.0. The van der Waals surface area contributed by atoms with Crippen LogP contribution in [0.25, 0.3) is 0 Å². The summed E-state index contributed by atoms with van der Waals surface area (Å²) in [5.41, 5.74) is 2.21. The van der Waals surface area contributed by atoms with Crippen LogP contribution in [-0.2, 0) is 16.1 Å². The van der Waals surface area contributed by atoms with Crippen LogP contribution in [0.1, 0.15) is 39.1 Å². The zero-order valence-corrected chi connectivity index (χ0v) is 17.9. The highest BCUT2D eigenvalue weighted by Crippen LogP contribution is 2.29. The van der Waals surface area contributed by atoms with Crippen molar-refractivity contribution in [2.75, 3.05) is 25.0 Å². The third-order valence-corrected chi connectivity index (χ3v) is 6.25. The maximum atomic E-state index is 12.9. The van der Waals surface area contributed by atoms with Crippen molar-refractivity contribution in [2.45, 2.75) is 25.4 Å². The number of nitrogens with one attached hydrogen (secondary N) is 3. The van der Waals surface area contributed by atoms with Crippen LogP contribution in [0.2, 0.25) is 0 Å². The van der Waals surface area contributed by atoms with E-state index in [2.05, 4.69) is 16.0 Å². The monoisotopic (exact) mass is 448 g/mol. The average Bonchev–Trinajstić information content (AvgIpc) is 3.09. The van der Waals surface area contributed by atoms with E-state index in [9.17, 15) is 19.2 Å². The van der Waals surface area contributed by atoms with Crippen LogP contribution in [0.5, 0.6) is 5.75 Å². The number of carbonyl (C=O) groups excluding carboxylic acids is 4. The number of amides is 4. The molecule has 1 unspecified atom stereocenters. The first-order valence-electron chi connectivity index (χ1n) is 11.0. The molecule has 2 aromatic rings. The highest BCUT2D eigenvalue weighted by Gasteiger charge is 2.39. The minimum absolute atomic E-state index is 0.208. The van der Waals surface area contributed by atoms with E-state index < -0.39 is 11.9 Å². The summed E-state index contributed by atoms with van der Waals surface area (Å²) >= 11 is 0. The van der Waals surface area contributed by atoms with Crippen molar-refractivity contribution in [3.63, 3.8) is 0 Å². The molecule has 3 aliphatic rings. The lowest BCUT2D eigenvalue weighted by atomic mass is 10.0. The van der Waals surface area contributed by atoms with Gasteiger partial charge in [-0.3, -0.25) is 24.5 Å². The molecule has 0 spiro atoms. The molecule has 170 valence electrons. The van der Waals surface area contributed by atoms with Crippen LogP contribution in [-0.4, -0.2) is 54.3 Å². The molecule has 0 aliphatic carbocycles. The smallest absolute Gasteiger partial charge is 0.255 e. The average molecular weight is 448 g/mol. The van der Waals surface area contributed by atoms with Gasteiger partial charge in [0.05, 0.1) is 6.61 Å². The number of rotatable bonds is 6. The first-order chi connectivity index (χ1) is 16.0. The minimum Gasteiger partial charge on any atom is -0.493 e. The first kappa shape index (κ1) is 21.1. The van der Waals surface area contributed by atoms with Gasteiger partial charge in [0.25, 0.3) is 11.8 Å². The Morgan fingerprint density at radius 2 is 1.88 bits per heavy atom. The lowest BCUT2D eigenvalue weighted by molar-refractivity contribution is -0.136. The number of ether oxygens (including phenoxy) is 1. The molecule has 5 rings (SSSR count). The Labute approximate surface area is 190 Å². The lowest BCUT2D eigenvalue weighted by Crippen LogP contribution is -2.52. The molecule has 2 saturated heterocycles. The Balaban J connectivity index is 1.22. The summed E-state index contributed by atoms with van der Waals surface area (Å²) in [6, 6.07) is 11.4. The summed E-state index contributed by atoms with van der Waals surface area (Å²) in [6.07, 6.45) is 0.519. The van der Waals surface area contributed by atoms with Gasteiger partial charge in [0.2, 0.25) is 11.8 Å². The third-order valence-electron chi connectivity index (χ3n) is 6.25. The molecule has 4 amide bonds. The Kier molecular flexibility index (Phi) is 5.55. The highest BCUT2D eigenvalue weighted by molar-refractivity contribution is 6.07. The fourth-order valence-electron chi connectivity index (χ4n) is 4.22. The molecule has 3 heterocycles. The van der Waals surface area contributed by atoms with Gasteiger partial charge in [-0.1, -0.05) is 6.07 Å². The van der Waals surface area contributed by atoms with Crippen molar-refractivity contribution in [1.82, 2.24) is 15.5 Å². The highest BCUT2D eigenvalue weighted by atomic mass is 16.5. The number of anilines is 1. The standard InChI is InChI=1S/C24H24N4O5/c29-21-8-7-20(23(31)27-21)28-12-16-1-4-17(9-19(16)24(28)32)26-22(30)15-2-5-18(6-3-15)33-13-14-10-25-11-14/h1-6,9,14,20,25H,7-8,10-13H2,(H,26,30)(H,27,29,31). The molecule has 0 aromatic heterocycles. The van der Waals surface area contributed by atoms with Crippen LogP contribution in [0.3, 0.4) is 0 Å². The van der Waals surface area contributed by atoms with Gasteiger partial charge in [-0.05, 0) is 48.4 Å². The van der Waals surface area contributed by atoms with Gasteiger partial charge in [0.15, 0.2) is 0 Å². The van der Waals surface area contributed by atoms with Gasteiger partial charge < -0.3 is 20.3 Å². The normalized spacial score (nSPS) is 20.2. The summed E-state index contributed by atoms with van der Waals surface area (Å²) in [7, 11) is 0. The Bertz CT molecular complexity index is 1130. The zero-order valence-electron chi connectivity index (χ0n) is 17.9. The van der Waals surface area contributed by atoms with E-state index in [0.717, 1.165) is 24.4 Å². The zero-order chi connectivity index (χ0) is 22.9. The predicted molar refractivity (Wildman–Crippen MR) is 119 cm³/mol. The molecule has 9 nitrogen and oxygen atoms in total. The van der Waals surface area contributed by atoms with E-state index in [1.807, 2.05) is 0 Å². The molecule has 0 saturated carbocycles. The Hall–Kier alpha value is -3.72. The Morgan fingerprint density at radius 3 is 2.58 bits per heavy atom. The van der Waals surface area contributed by atoms with Crippen molar-refractivity contribution < 1.29 is 23.9 Å².